The molecule has 3 rings (SSSR count). The van der Waals surface area contributed by atoms with E-state index in [1.165, 1.54) is 38.6 Å². The first kappa shape index (κ1) is 15.1. The van der Waals surface area contributed by atoms with E-state index in [1.807, 2.05) is 0 Å². The number of nitrogens with one attached hydrogen (secondary N) is 1. The molecule has 2 fully saturated rings. The molecule has 1 aromatic carbocycles. The molecule has 0 heterocycles. The molecule has 1 nitrogen and oxygen atoms in total. The minimum atomic E-state index is 0.244. The highest BCUT2D eigenvalue weighted by atomic mass is 14.9. The van der Waals surface area contributed by atoms with E-state index < -0.39 is 0 Å². The maximum Gasteiger partial charge on any atom is 0.00966 e. The van der Waals surface area contributed by atoms with Crippen LogP contribution in [0.4, 0.5) is 0 Å². The Kier molecular flexibility index (Phi) is 4.40. The monoisotopic (exact) mass is 285 g/mol. The van der Waals surface area contributed by atoms with Crippen LogP contribution in [-0.2, 0) is 0 Å². The molecule has 0 amide bonds. The summed E-state index contributed by atoms with van der Waals surface area (Å²) in [5.41, 5.74) is 1.81. The van der Waals surface area contributed by atoms with Crippen molar-refractivity contribution >= 4 is 0 Å². The lowest BCUT2D eigenvalue weighted by Gasteiger charge is -2.29. The number of hydrogen-bond donors (Lipinski definition) is 1. The summed E-state index contributed by atoms with van der Waals surface area (Å²) in [7, 11) is 0. The summed E-state index contributed by atoms with van der Waals surface area (Å²) in [6, 6.07) is 11.2. The Morgan fingerprint density at radius 1 is 1.10 bits per heavy atom. The van der Waals surface area contributed by atoms with Gasteiger partial charge in [-0.05, 0) is 63.0 Å². The zero-order valence-corrected chi connectivity index (χ0v) is 13.9. The Bertz CT molecular complexity index is 439. The molecule has 3 unspecified atom stereocenters. The molecule has 0 spiro atoms. The van der Waals surface area contributed by atoms with Crippen molar-refractivity contribution in [2.75, 3.05) is 6.54 Å². The molecule has 1 N–H and O–H groups in total. The van der Waals surface area contributed by atoms with Crippen LogP contribution in [0, 0.1) is 17.8 Å². The SMILES string of the molecule is CC(C)(C)NCC(C1CCCC1)C1CC1c1ccccc1. The first-order valence-corrected chi connectivity index (χ1v) is 8.84. The lowest BCUT2D eigenvalue weighted by molar-refractivity contribution is 0.257. The summed E-state index contributed by atoms with van der Waals surface area (Å²) in [6.45, 7) is 8.09. The van der Waals surface area contributed by atoms with Gasteiger partial charge in [-0.3, -0.25) is 0 Å². The fourth-order valence-corrected chi connectivity index (χ4v) is 4.25. The molecule has 0 bridgehead atoms. The van der Waals surface area contributed by atoms with Crippen molar-refractivity contribution in [3.05, 3.63) is 35.9 Å². The Balaban J connectivity index is 1.65. The zero-order valence-electron chi connectivity index (χ0n) is 13.9. The third-order valence-corrected chi connectivity index (χ3v) is 5.49. The van der Waals surface area contributed by atoms with Gasteiger partial charge in [0.25, 0.3) is 0 Å². The minimum Gasteiger partial charge on any atom is -0.312 e. The predicted molar refractivity (Wildman–Crippen MR) is 90.5 cm³/mol. The highest BCUT2D eigenvalue weighted by Gasteiger charge is 2.46. The Labute approximate surface area is 130 Å². The van der Waals surface area contributed by atoms with Gasteiger partial charge in [0, 0.05) is 5.54 Å². The maximum atomic E-state index is 3.79. The van der Waals surface area contributed by atoms with E-state index in [0.29, 0.717) is 0 Å². The maximum absolute atomic E-state index is 3.79. The summed E-state index contributed by atoms with van der Waals surface area (Å²) in [4.78, 5) is 0. The second-order valence-corrected chi connectivity index (χ2v) is 8.26. The van der Waals surface area contributed by atoms with Crippen molar-refractivity contribution in [1.29, 1.82) is 0 Å². The highest BCUT2D eigenvalue weighted by molar-refractivity contribution is 5.26. The topological polar surface area (TPSA) is 12.0 Å². The molecule has 21 heavy (non-hydrogen) atoms. The van der Waals surface area contributed by atoms with E-state index in [4.69, 9.17) is 0 Å². The van der Waals surface area contributed by atoms with Gasteiger partial charge in [0.05, 0.1) is 0 Å². The van der Waals surface area contributed by atoms with E-state index in [9.17, 15) is 0 Å². The van der Waals surface area contributed by atoms with Crippen molar-refractivity contribution < 1.29 is 0 Å². The van der Waals surface area contributed by atoms with Gasteiger partial charge in [0.15, 0.2) is 0 Å². The largest absolute Gasteiger partial charge is 0.312 e. The van der Waals surface area contributed by atoms with Crippen LogP contribution in [0.2, 0.25) is 0 Å². The van der Waals surface area contributed by atoms with E-state index in [-0.39, 0.29) is 5.54 Å². The third-order valence-electron chi connectivity index (χ3n) is 5.49. The fraction of sp³-hybridized carbons (Fsp3) is 0.700. The van der Waals surface area contributed by atoms with Gasteiger partial charge in [-0.25, -0.2) is 0 Å². The van der Waals surface area contributed by atoms with Gasteiger partial charge >= 0.3 is 0 Å². The molecule has 0 aromatic heterocycles. The lowest BCUT2D eigenvalue weighted by Crippen LogP contribution is -2.41. The number of rotatable bonds is 5. The van der Waals surface area contributed by atoms with Gasteiger partial charge in [0.1, 0.15) is 0 Å². The first-order chi connectivity index (χ1) is 10.0. The molecule has 1 aromatic rings. The molecule has 2 aliphatic rings. The summed E-state index contributed by atoms with van der Waals surface area (Å²) < 4.78 is 0. The van der Waals surface area contributed by atoms with Crippen molar-refractivity contribution in [1.82, 2.24) is 5.32 Å². The van der Waals surface area contributed by atoms with Crippen molar-refractivity contribution in [2.24, 2.45) is 17.8 Å². The second kappa shape index (κ2) is 6.12. The standard InChI is InChI=1S/C20H31N/c1-20(2,3)21-14-19(16-11-7-8-12-16)18-13-17(18)15-9-5-4-6-10-15/h4-6,9-10,16-19,21H,7-8,11-14H2,1-3H3. The van der Waals surface area contributed by atoms with Gasteiger partial charge in [-0.2, -0.15) is 0 Å². The van der Waals surface area contributed by atoms with Gasteiger partial charge in [-0.15, -0.1) is 0 Å². The third kappa shape index (κ3) is 3.88. The van der Waals surface area contributed by atoms with E-state index in [2.05, 4.69) is 56.4 Å². The van der Waals surface area contributed by atoms with Crippen LogP contribution >= 0.6 is 0 Å². The van der Waals surface area contributed by atoms with Crippen LogP contribution in [-0.4, -0.2) is 12.1 Å². The molecule has 0 saturated heterocycles. The lowest BCUT2D eigenvalue weighted by atomic mass is 9.84. The molecule has 0 aliphatic heterocycles. The van der Waals surface area contributed by atoms with Gasteiger partial charge in [0.2, 0.25) is 0 Å². The molecule has 116 valence electrons. The average Bonchev–Trinajstić information content (AvgIpc) is 3.04. The first-order valence-electron chi connectivity index (χ1n) is 8.84. The normalized spacial score (nSPS) is 27.8. The average molecular weight is 285 g/mol. The van der Waals surface area contributed by atoms with Crippen LogP contribution < -0.4 is 5.32 Å². The van der Waals surface area contributed by atoms with E-state index >= 15 is 0 Å². The fourth-order valence-electron chi connectivity index (χ4n) is 4.25. The van der Waals surface area contributed by atoms with Crippen LogP contribution in [0.1, 0.15) is 64.4 Å². The molecule has 2 saturated carbocycles. The van der Waals surface area contributed by atoms with E-state index in [0.717, 1.165) is 23.7 Å². The molecular weight excluding hydrogens is 254 g/mol. The quantitative estimate of drug-likeness (QED) is 0.804. The zero-order chi connectivity index (χ0) is 14.9. The highest BCUT2D eigenvalue weighted by Crippen LogP contribution is 2.55. The molecule has 3 atom stereocenters. The Morgan fingerprint density at radius 2 is 1.76 bits per heavy atom. The summed E-state index contributed by atoms with van der Waals surface area (Å²) in [5.74, 6) is 3.61. The Morgan fingerprint density at radius 3 is 2.38 bits per heavy atom. The van der Waals surface area contributed by atoms with Gasteiger partial charge in [-0.1, -0.05) is 56.0 Å². The Hall–Kier alpha value is -0.820. The summed E-state index contributed by atoms with van der Waals surface area (Å²) in [6.07, 6.45) is 7.26. The summed E-state index contributed by atoms with van der Waals surface area (Å²) >= 11 is 0. The minimum absolute atomic E-state index is 0.244. The molecule has 1 heteroatoms. The van der Waals surface area contributed by atoms with Crippen molar-refractivity contribution in [3.8, 4) is 0 Å². The van der Waals surface area contributed by atoms with Gasteiger partial charge < -0.3 is 5.32 Å². The molecular formula is C20H31N. The van der Waals surface area contributed by atoms with Crippen molar-refractivity contribution in [3.63, 3.8) is 0 Å². The second-order valence-electron chi connectivity index (χ2n) is 8.26. The van der Waals surface area contributed by atoms with E-state index in [1.54, 1.807) is 5.56 Å². The summed E-state index contributed by atoms with van der Waals surface area (Å²) in [5, 5.41) is 3.79. The van der Waals surface area contributed by atoms with Crippen LogP contribution in [0.3, 0.4) is 0 Å². The van der Waals surface area contributed by atoms with Crippen LogP contribution in [0.25, 0.3) is 0 Å². The smallest absolute Gasteiger partial charge is 0.00966 e. The van der Waals surface area contributed by atoms with Crippen molar-refractivity contribution in [2.45, 2.75) is 64.3 Å². The molecule has 0 radical (unpaired) electrons. The predicted octanol–water partition coefficient (Wildman–Crippen LogP) is 4.98. The van der Waals surface area contributed by atoms with Crippen LogP contribution in [0.5, 0.6) is 0 Å². The number of benzene rings is 1. The van der Waals surface area contributed by atoms with Crippen LogP contribution in [0.15, 0.2) is 30.3 Å². The number of hydrogen-bond acceptors (Lipinski definition) is 1. The molecule has 2 aliphatic carbocycles.